The van der Waals surface area contributed by atoms with Crippen LogP contribution in [0, 0.1) is 0 Å². The molecule has 1 saturated carbocycles. The topological polar surface area (TPSA) is 95.9 Å². The first-order chi connectivity index (χ1) is 11.9. The molecule has 1 aliphatic heterocycles. The Morgan fingerprint density at radius 1 is 1.32 bits per heavy atom. The summed E-state index contributed by atoms with van der Waals surface area (Å²) in [4.78, 5) is 37.6. The number of amides is 2. The molecule has 7 nitrogen and oxygen atoms in total. The number of carbonyl (C=O) groups excluding carboxylic acids is 2. The average Bonchev–Trinajstić information content (AvgIpc) is 2.98. The SMILES string of the molecule is CC1Oc2ccccc2N(CC(=O)NC2(CC(=O)O)CCCC2)C1=O. The normalized spacial score (nSPS) is 21.4. The quantitative estimate of drug-likeness (QED) is 0.846. The Hall–Kier alpha value is -2.57. The fourth-order valence-corrected chi connectivity index (χ4v) is 3.69. The first-order valence-corrected chi connectivity index (χ1v) is 8.50. The Morgan fingerprint density at radius 2 is 2.00 bits per heavy atom. The van der Waals surface area contributed by atoms with Gasteiger partial charge in [-0.25, -0.2) is 0 Å². The number of carbonyl (C=O) groups is 3. The lowest BCUT2D eigenvalue weighted by atomic mass is 9.93. The second-order valence-corrected chi connectivity index (χ2v) is 6.76. The Balaban J connectivity index is 1.76. The molecule has 0 bridgehead atoms. The van der Waals surface area contributed by atoms with Crippen LogP contribution in [-0.2, 0) is 14.4 Å². The van der Waals surface area contributed by atoms with Crippen molar-refractivity contribution in [3.05, 3.63) is 24.3 Å². The standard InChI is InChI=1S/C18H22N2O5/c1-12-17(24)20(13-6-2-3-7-14(13)25-12)11-15(21)19-18(10-16(22)23)8-4-5-9-18/h2-3,6-7,12H,4-5,8-11H2,1H3,(H,19,21)(H,22,23). The molecular weight excluding hydrogens is 324 g/mol. The van der Waals surface area contributed by atoms with Crippen molar-refractivity contribution >= 4 is 23.5 Å². The van der Waals surface area contributed by atoms with E-state index in [2.05, 4.69) is 5.32 Å². The van der Waals surface area contributed by atoms with E-state index < -0.39 is 17.6 Å². The lowest BCUT2D eigenvalue weighted by Gasteiger charge is -2.34. The molecule has 1 heterocycles. The van der Waals surface area contributed by atoms with E-state index in [0.29, 0.717) is 24.3 Å². The van der Waals surface area contributed by atoms with E-state index in [4.69, 9.17) is 9.84 Å². The van der Waals surface area contributed by atoms with Crippen LogP contribution < -0.4 is 15.0 Å². The summed E-state index contributed by atoms with van der Waals surface area (Å²) < 4.78 is 5.56. The van der Waals surface area contributed by atoms with Gasteiger partial charge in [0, 0.05) is 0 Å². The van der Waals surface area contributed by atoms with Crippen LogP contribution in [0.5, 0.6) is 5.75 Å². The highest BCUT2D eigenvalue weighted by Gasteiger charge is 2.39. The summed E-state index contributed by atoms with van der Waals surface area (Å²) in [5.74, 6) is -1.000. The number of carboxylic acid groups (broad SMARTS) is 1. The van der Waals surface area contributed by atoms with Gasteiger partial charge < -0.3 is 15.2 Å². The summed E-state index contributed by atoms with van der Waals surface area (Å²) in [6.45, 7) is 1.50. The van der Waals surface area contributed by atoms with Crippen LogP contribution in [0.1, 0.15) is 39.0 Å². The Kier molecular flexibility index (Phi) is 4.65. The summed E-state index contributed by atoms with van der Waals surface area (Å²) >= 11 is 0. The van der Waals surface area contributed by atoms with E-state index >= 15 is 0 Å². The Morgan fingerprint density at radius 3 is 2.68 bits per heavy atom. The molecule has 25 heavy (non-hydrogen) atoms. The van der Waals surface area contributed by atoms with Gasteiger partial charge in [0.15, 0.2) is 6.10 Å². The van der Waals surface area contributed by atoms with Crippen molar-refractivity contribution in [2.45, 2.75) is 50.7 Å². The van der Waals surface area contributed by atoms with E-state index in [9.17, 15) is 14.4 Å². The minimum absolute atomic E-state index is 0.0945. The van der Waals surface area contributed by atoms with Gasteiger partial charge in [0.25, 0.3) is 5.91 Å². The maximum absolute atomic E-state index is 12.6. The molecule has 0 radical (unpaired) electrons. The predicted octanol–water partition coefficient (Wildman–Crippen LogP) is 1.70. The van der Waals surface area contributed by atoms with Gasteiger partial charge in [-0.1, -0.05) is 25.0 Å². The fourth-order valence-electron chi connectivity index (χ4n) is 3.69. The van der Waals surface area contributed by atoms with Gasteiger partial charge in [-0.3, -0.25) is 19.3 Å². The molecule has 1 fully saturated rings. The number of ether oxygens (including phenoxy) is 1. The molecular formula is C18H22N2O5. The molecule has 0 aromatic heterocycles. The molecule has 2 amide bonds. The monoisotopic (exact) mass is 346 g/mol. The van der Waals surface area contributed by atoms with Crippen LogP contribution in [0.25, 0.3) is 0 Å². The molecule has 0 saturated heterocycles. The van der Waals surface area contributed by atoms with Gasteiger partial charge in [-0.05, 0) is 31.9 Å². The second kappa shape index (κ2) is 6.74. The van der Waals surface area contributed by atoms with E-state index in [-0.39, 0.29) is 24.8 Å². The number of hydrogen-bond donors (Lipinski definition) is 2. The number of nitrogens with zero attached hydrogens (tertiary/aromatic N) is 1. The minimum Gasteiger partial charge on any atom is -0.481 e. The van der Waals surface area contributed by atoms with Crippen molar-refractivity contribution in [2.75, 3.05) is 11.4 Å². The molecule has 1 atom stereocenters. The van der Waals surface area contributed by atoms with Crippen molar-refractivity contribution in [2.24, 2.45) is 0 Å². The maximum Gasteiger partial charge on any atom is 0.305 e. The van der Waals surface area contributed by atoms with Gasteiger partial charge in [0.2, 0.25) is 5.91 Å². The highest BCUT2D eigenvalue weighted by Crippen LogP contribution is 2.35. The van der Waals surface area contributed by atoms with Crippen LogP contribution in [0.3, 0.4) is 0 Å². The van der Waals surface area contributed by atoms with E-state index in [1.165, 1.54) is 4.90 Å². The van der Waals surface area contributed by atoms with Crippen LogP contribution >= 0.6 is 0 Å². The highest BCUT2D eigenvalue weighted by molar-refractivity contribution is 6.03. The van der Waals surface area contributed by atoms with Crippen molar-refractivity contribution < 1.29 is 24.2 Å². The number of carboxylic acids is 1. The van der Waals surface area contributed by atoms with Gasteiger partial charge in [-0.15, -0.1) is 0 Å². The summed E-state index contributed by atoms with van der Waals surface area (Å²) in [6.07, 6.45) is 2.32. The molecule has 2 N–H and O–H groups in total. The number of anilines is 1. The zero-order chi connectivity index (χ0) is 18.0. The van der Waals surface area contributed by atoms with Crippen molar-refractivity contribution in [1.82, 2.24) is 5.32 Å². The molecule has 7 heteroatoms. The number of hydrogen-bond acceptors (Lipinski definition) is 4. The first kappa shape index (κ1) is 17.3. The molecule has 2 aliphatic rings. The van der Waals surface area contributed by atoms with Gasteiger partial charge in [0.1, 0.15) is 12.3 Å². The summed E-state index contributed by atoms with van der Waals surface area (Å²) in [5.41, 5.74) is -0.150. The zero-order valence-electron chi connectivity index (χ0n) is 14.2. The number of rotatable bonds is 5. The zero-order valence-corrected chi connectivity index (χ0v) is 14.2. The number of nitrogens with one attached hydrogen (secondary N) is 1. The van der Waals surface area contributed by atoms with Crippen LogP contribution in [0.15, 0.2) is 24.3 Å². The number of fused-ring (bicyclic) bond motifs is 1. The van der Waals surface area contributed by atoms with E-state index in [0.717, 1.165) is 12.8 Å². The Bertz CT molecular complexity index is 696. The van der Waals surface area contributed by atoms with E-state index in [1.54, 1.807) is 31.2 Å². The van der Waals surface area contributed by atoms with Crippen molar-refractivity contribution in [3.63, 3.8) is 0 Å². The van der Waals surface area contributed by atoms with Crippen LogP contribution in [0.2, 0.25) is 0 Å². The molecule has 1 unspecified atom stereocenters. The molecule has 3 rings (SSSR count). The summed E-state index contributed by atoms with van der Waals surface area (Å²) in [6, 6.07) is 7.07. The highest BCUT2D eigenvalue weighted by atomic mass is 16.5. The van der Waals surface area contributed by atoms with Gasteiger partial charge in [-0.2, -0.15) is 0 Å². The fraction of sp³-hybridized carbons (Fsp3) is 0.500. The van der Waals surface area contributed by atoms with Gasteiger partial charge in [0.05, 0.1) is 17.6 Å². The molecule has 1 aromatic carbocycles. The van der Waals surface area contributed by atoms with Crippen molar-refractivity contribution in [3.8, 4) is 5.75 Å². The summed E-state index contributed by atoms with van der Waals surface area (Å²) in [7, 11) is 0. The average molecular weight is 346 g/mol. The first-order valence-electron chi connectivity index (χ1n) is 8.50. The smallest absolute Gasteiger partial charge is 0.305 e. The molecule has 134 valence electrons. The molecule has 1 aromatic rings. The minimum atomic E-state index is -0.927. The third-order valence-electron chi connectivity index (χ3n) is 4.83. The number of para-hydroxylation sites is 2. The third kappa shape index (κ3) is 3.60. The predicted molar refractivity (Wildman–Crippen MR) is 90.5 cm³/mol. The lowest BCUT2D eigenvalue weighted by molar-refractivity contribution is -0.139. The lowest BCUT2D eigenvalue weighted by Crippen LogP contribution is -2.54. The summed E-state index contributed by atoms with van der Waals surface area (Å²) in [5, 5.41) is 12.0. The number of aliphatic carboxylic acids is 1. The second-order valence-electron chi connectivity index (χ2n) is 6.76. The third-order valence-corrected chi connectivity index (χ3v) is 4.83. The van der Waals surface area contributed by atoms with Crippen LogP contribution in [-0.4, -0.2) is 41.1 Å². The van der Waals surface area contributed by atoms with Crippen molar-refractivity contribution in [1.29, 1.82) is 0 Å². The molecule has 0 spiro atoms. The Labute approximate surface area is 146 Å². The van der Waals surface area contributed by atoms with Crippen LogP contribution in [0.4, 0.5) is 5.69 Å². The maximum atomic E-state index is 12.6. The molecule has 1 aliphatic carbocycles. The van der Waals surface area contributed by atoms with E-state index in [1.807, 2.05) is 0 Å². The number of benzene rings is 1. The van der Waals surface area contributed by atoms with Gasteiger partial charge >= 0.3 is 5.97 Å². The largest absolute Gasteiger partial charge is 0.481 e.